The van der Waals surface area contributed by atoms with Gasteiger partial charge in [0.2, 0.25) is 0 Å². The fraction of sp³-hybridized carbons (Fsp3) is 0.455. The van der Waals surface area contributed by atoms with Crippen molar-refractivity contribution in [1.82, 2.24) is 9.88 Å². The number of likely N-dealkylation sites (tertiary alicyclic amines) is 1. The highest BCUT2D eigenvalue weighted by atomic mass is 16.5. The molecular weight excluding hydrogens is 386 g/mol. The van der Waals surface area contributed by atoms with Gasteiger partial charge in [-0.3, -0.25) is 9.59 Å². The number of methoxy groups -OCH3 is 2. The highest BCUT2D eigenvalue weighted by molar-refractivity contribution is 6.06. The zero-order valence-electron chi connectivity index (χ0n) is 17.0. The molecular formula is C22H25N3O5. The van der Waals surface area contributed by atoms with E-state index in [1.807, 2.05) is 4.90 Å². The number of carbonyl (C=O) groups excluding carboxylic acids is 2. The van der Waals surface area contributed by atoms with Crippen molar-refractivity contribution in [1.29, 1.82) is 0 Å². The molecule has 2 amide bonds. The van der Waals surface area contributed by atoms with Gasteiger partial charge in [0.25, 0.3) is 11.8 Å². The van der Waals surface area contributed by atoms with Crippen LogP contribution in [0.2, 0.25) is 0 Å². The van der Waals surface area contributed by atoms with Gasteiger partial charge in [-0.25, -0.2) is 0 Å². The van der Waals surface area contributed by atoms with Gasteiger partial charge in [0.05, 0.1) is 37.7 Å². The van der Waals surface area contributed by atoms with E-state index >= 15 is 0 Å². The lowest BCUT2D eigenvalue weighted by molar-refractivity contribution is 0.0594. The molecule has 8 heteroatoms. The first-order chi connectivity index (χ1) is 14.6. The van der Waals surface area contributed by atoms with Crippen molar-refractivity contribution in [2.75, 3.05) is 32.6 Å². The summed E-state index contributed by atoms with van der Waals surface area (Å²) in [6, 6.07) is 5.01. The van der Waals surface area contributed by atoms with Gasteiger partial charge < -0.3 is 29.4 Å². The van der Waals surface area contributed by atoms with Crippen LogP contribution >= 0.6 is 0 Å². The van der Waals surface area contributed by atoms with Crippen LogP contribution in [0, 0.1) is 11.8 Å². The first-order valence-electron chi connectivity index (χ1n) is 10.2. The number of hydrogen-bond donors (Lipinski definition) is 2. The van der Waals surface area contributed by atoms with Crippen molar-refractivity contribution in [3.63, 3.8) is 0 Å². The predicted molar refractivity (Wildman–Crippen MR) is 109 cm³/mol. The Hall–Kier alpha value is -3.00. The number of hydrogen-bond acceptors (Lipinski definition) is 5. The highest BCUT2D eigenvalue weighted by Crippen LogP contribution is 2.47. The van der Waals surface area contributed by atoms with Gasteiger partial charge in [0.15, 0.2) is 11.5 Å². The number of fused-ring (bicyclic) bond motifs is 5. The predicted octanol–water partition coefficient (Wildman–Crippen LogP) is 2.53. The molecule has 5 rings (SSSR count). The van der Waals surface area contributed by atoms with E-state index in [0.717, 1.165) is 12.8 Å². The molecule has 30 heavy (non-hydrogen) atoms. The number of aromatic nitrogens is 1. The second-order valence-electron chi connectivity index (χ2n) is 8.14. The molecule has 3 saturated heterocycles. The summed E-state index contributed by atoms with van der Waals surface area (Å²) in [5, 5.41) is 2.83. The fourth-order valence-electron chi connectivity index (χ4n) is 5.15. The number of ether oxygens (including phenoxy) is 3. The van der Waals surface area contributed by atoms with E-state index in [-0.39, 0.29) is 11.8 Å². The number of aromatic amines is 1. The van der Waals surface area contributed by atoms with Gasteiger partial charge in [-0.15, -0.1) is 0 Å². The van der Waals surface area contributed by atoms with Crippen molar-refractivity contribution in [2.45, 2.75) is 25.0 Å². The molecule has 2 bridgehead atoms. The van der Waals surface area contributed by atoms with Crippen molar-refractivity contribution in [2.24, 2.45) is 11.8 Å². The number of anilines is 1. The molecule has 1 aromatic heterocycles. The summed E-state index contributed by atoms with van der Waals surface area (Å²) in [6.07, 6.45) is 6.05. The van der Waals surface area contributed by atoms with Crippen LogP contribution < -0.4 is 14.8 Å². The third kappa shape index (κ3) is 3.02. The molecule has 0 spiro atoms. The molecule has 0 aliphatic carbocycles. The van der Waals surface area contributed by atoms with Crippen LogP contribution in [0.1, 0.15) is 33.6 Å². The minimum absolute atomic E-state index is 0.0677. The molecule has 2 N–H and O–H groups in total. The van der Waals surface area contributed by atoms with E-state index in [2.05, 4.69) is 10.3 Å². The number of nitrogens with one attached hydrogen (secondary N) is 2. The lowest BCUT2D eigenvalue weighted by Crippen LogP contribution is -2.31. The Balaban J connectivity index is 1.42. The van der Waals surface area contributed by atoms with E-state index in [1.54, 1.807) is 30.6 Å². The standard InChI is InChI=1S/C22H25N3O5/c1-28-19-8-13(7-16(20(19)29-2)24-21(26)12-5-6-23-9-12)22(27)25-10-14-15(11-25)18-4-3-17(14)30-18/h5-9,14-15,17-18,23H,3-4,10-11H2,1-2H3,(H,24,26)/t14-,15+,17+,18-. The normalized spacial score (nSPS) is 26.5. The molecule has 2 aromatic rings. The highest BCUT2D eigenvalue weighted by Gasteiger charge is 2.53. The molecule has 4 heterocycles. The van der Waals surface area contributed by atoms with Gasteiger partial charge >= 0.3 is 0 Å². The molecule has 3 aliphatic rings. The minimum Gasteiger partial charge on any atom is -0.493 e. The summed E-state index contributed by atoms with van der Waals surface area (Å²) >= 11 is 0. The van der Waals surface area contributed by atoms with Gasteiger partial charge in [0, 0.05) is 42.9 Å². The van der Waals surface area contributed by atoms with Crippen molar-refractivity contribution in [3.8, 4) is 11.5 Å². The molecule has 0 saturated carbocycles. The third-order valence-electron chi connectivity index (χ3n) is 6.57. The second kappa shape index (κ2) is 7.36. The molecule has 3 aliphatic heterocycles. The first kappa shape index (κ1) is 19.0. The van der Waals surface area contributed by atoms with Crippen LogP contribution in [-0.2, 0) is 4.74 Å². The maximum atomic E-state index is 13.3. The number of carbonyl (C=O) groups is 2. The van der Waals surface area contributed by atoms with E-state index in [9.17, 15) is 9.59 Å². The van der Waals surface area contributed by atoms with E-state index in [0.29, 0.717) is 65.4 Å². The van der Waals surface area contributed by atoms with Crippen molar-refractivity contribution in [3.05, 3.63) is 41.7 Å². The molecule has 1 aromatic carbocycles. The average molecular weight is 411 g/mol. The molecule has 158 valence electrons. The van der Waals surface area contributed by atoms with Gasteiger partial charge in [0.1, 0.15) is 0 Å². The Labute approximate surface area is 174 Å². The molecule has 4 atom stereocenters. The quantitative estimate of drug-likeness (QED) is 0.789. The van der Waals surface area contributed by atoms with Crippen LogP contribution in [0.5, 0.6) is 11.5 Å². The SMILES string of the molecule is COc1cc(C(=O)N2C[C@@H]3[C@H](C2)[C@H]2CC[C@@H]3O2)cc(NC(=O)c2cc[nH]c2)c1OC. The Kier molecular flexibility index (Phi) is 4.66. The molecule has 8 nitrogen and oxygen atoms in total. The Bertz CT molecular complexity index is 955. The number of benzene rings is 1. The van der Waals surface area contributed by atoms with E-state index in [4.69, 9.17) is 14.2 Å². The fourth-order valence-corrected chi connectivity index (χ4v) is 5.15. The summed E-state index contributed by atoms with van der Waals surface area (Å²) in [7, 11) is 3.02. The van der Waals surface area contributed by atoms with Crippen molar-refractivity contribution < 1.29 is 23.8 Å². The molecule has 3 fully saturated rings. The maximum absolute atomic E-state index is 13.3. The zero-order valence-corrected chi connectivity index (χ0v) is 17.0. The molecule has 0 radical (unpaired) electrons. The van der Waals surface area contributed by atoms with Crippen LogP contribution in [0.25, 0.3) is 0 Å². The number of amides is 2. The average Bonchev–Trinajstić information content (AvgIpc) is 3.54. The van der Waals surface area contributed by atoms with E-state index < -0.39 is 0 Å². The minimum atomic E-state index is -0.300. The number of nitrogens with zero attached hydrogens (tertiary/aromatic N) is 1. The van der Waals surface area contributed by atoms with Gasteiger partial charge in [-0.05, 0) is 31.0 Å². The number of rotatable bonds is 5. The lowest BCUT2D eigenvalue weighted by atomic mass is 9.82. The lowest BCUT2D eigenvalue weighted by Gasteiger charge is -2.21. The second-order valence-corrected chi connectivity index (χ2v) is 8.14. The van der Waals surface area contributed by atoms with E-state index in [1.165, 1.54) is 14.2 Å². The van der Waals surface area contributed by atoms with Gasteiger partial charge in [-0.2, -0.15) is 0 Å². The zero-order chi connectivity index (χ0) is 20.8. The number of H-pyrrole nitrogens is 1. The van der Waals surface area contributed by atoms with Crippen LogP contribution in [-0.4, -0.2) is 61.2 Å². The summed E-state index contributed by atoms with van der Waals surface area (Å²) < 4.78 is 16.9. The Morgan fingerprint density at radius 1 is 1.10 bits per heavy atom. The maximum Gasteiger partial charge on any atom is 0.257 e. The summed E-state index contributed by atoms with van der Waals surface area (Å²) in [5.41, 5.74) is 1.34. The first-order valence-corrected chi connectivity index (χ1v) is 10.2. The van der Waals surface area contributed by atoms with Crippen LogP contribution in [0.4, 0.5) is 5.69 Å². The smallest absolute Gasteiger partial charge is 0.257 e. The summed E-state index contributed by atoms with van der Waals surface area (Å²) in [4.78, 5) is 30.6. The summed E-state index contributed by atoms with van der Waals surface area (Å²) in [5.74, 6) is 1.27. The third-order valence-corrected chi connectivity index (χ3v) is 6.57. The van der Waals surface area contributed by atoms with Gasteiger partial charge in [-0.1, -0.05) is 0 Å². The molecule has 0 unspecified atom stereocenters. The van der Waals surface area contributed by atoms with Crippen LogP contribution in [0.3, 0.4) is 0 Å². The Morgan fingerprint density at radius 3 is 2.43 bits per heavy atom. The van der Waals surface area contributed by atoms with Crippen LogP contribution in [0.15, 0.2) is 30.6 Å². The Morgan fingerprint density at radius 2 is 1.83 bits per heavy atom. The summed E-state index contributed by atoms with van der Waals surface area (Å²) in [6.45, 7) is 1.42. The topological polar surface area (TPSA) is 92.9 Å². The van der Waals surface area contributed by atoms with Crippen molar-refractivity contribution >= 4 is 17.5 Å². The monoisotopic (exact) mass is 411 g/mol. The largest absolute Gasteiger partial charge is 0.493 e.